The van der Waals surface area contributed by atoms with Crippen LogP contribution in [0.25, 0.3) is 0 Å². The van der Waals surface area contributed by atoms with Crippen LogP contribution in [0, 0.1) is 6.92 Å². The molecule has 0 radical (unpaired) electrons. The second kappa shape index (κ2) is 8.57. The van der Waals surface area contributed by atoms with Crippen molar-refractivity contribution in [2.75, 3.05) is 11.9 Å². The molecule has 2 aromatic carbocycles. The van der Waals surface area contributed by atoms with Crippen molar-refractivity contribution in [2.24, 2.45) is 5.10 Å². The number of nitrogens with one attached hydrogen (secondary N) is 2. The number of carbonyl (C=O) groups is 1. The third kappa shape index (κ3) is 4.88. The largest absolute Gasteiger partial charge is 0.491 e. The first-order valence-electron chi connectivity index (χ1n) is 7.28. The van der Waals surface area contributed by atoms with E-state index in [1.165, 1.54) is 6.21 Å². The Morgan fingerprint density at radius 2 is 1.92 bits per heavy atom. The zero-order valence-corrected chi connectivity index (χ0v) is 14.8. The number of benzene rings is 2. The Morgan fingerprint density at radius 3 is 2.54 bits per heavy atom. The molecule has 0 aliphatic rings. The quantitative estimate of drug-likeness (QED) is 0.587. The summed E-state index contributed by atoms with van der Waals surface area (Å²) in [5, 5.41) is 7.36. The van der Waals surface area contributed by atoms with E-state index in [-0.39, 0.29) is 0 Å². The second-order valence-corrected chi connectivity index (χ2v) is 5.70. The van der Waals surface area contributed by atoms with Crippen molar-refractivity contribution in [3.05, 3.63) is 57.6 Å². The van der Waals surface area contributed by atoms with Crippen molar-refractivity contribution in [1.82, 2.24) is 5.43 Å². The Kier molecular flexibility index (Phi) is 6.46. The number of hydrazone groups is 1. The van der Waals surface area contributed by atoms with Gasteiger partial charge in [0.25, 0.3) is 0 Å². The number of halogens is 2. The molecule has 24 heavy (non-hydrogen) atoms. The number of carbonyl (C=O) groups excluding carboxylic acids is 1. The minimum atomic E-state index is -0.441. The number of rotatable bonds is 5. The van der Waals surface area contributed by atoms with Crippen LogP contribution in [0.5, 0.6) is 5.75 Å². The average molecular weight is 366 g/mol. The summed E-state index contributed by atoms with van der Waals surface area (Å²) in [7, 11) is 0. The minimum Gasteiger partial charge on any atom is -0.491 e. The standard InChI is InChI=1S/C17H17Cl2N3O2/c1-3-24-16-13(18)8-12(9-14(16)19)10-20-22-17(23)21-15-7-5-4-6-11(15)2/h4-10H,3H2,1-2H3,(H2,21,22,23). The minimum absolute atomic E-state index is 0.384. The van der Waals surface area contributed by atoms with Gasteiger partial charge in [-0.1, -0.05) is 41.4 Å². The van der Waals surface area contributed by atoms with Gasteiger partial charge in [0.1, 0.15) is 0 Å². The number of hydrogen-bond acceptors (Lipinski definition) is 3. The summed E-state index contributed by atoms with van der Waals surface area (Å²) in [5.41, 5.74) is 4.71. The number of nitrogens with zero attached hydrogens (tertiary/aromatic N) is 1. The molecule has 0 saturated carbocycles. The topological polar surface area (TPSA) is 62.7 Å². The van der Waals surface area contributed by atoms with Gasteiger partial charge in [-0.25, -0.2) is 10.2 Å². The summed E-state index contributed by atoms with van der Waals surface area (Å²) < 4.78 is 5.35. The molecule has 0 heterocycles. The Hall–Kier alpha value is -2.24. The molecule has 0 aromatic heterocycles. The molecule has 7 heteroatoms. The van der Waals surface area contributed by atoms with Gasteiger partial charge in [0.05, 0.1) is 22.9 Å². The van der Waals surface area contributed by atoms with Gasteiger partial charge in [0.2, 0.25) is 0 Å². The number of hydrogen-bond donors (Lipinski definition) is 2. The Morgan fingerprint density at radius 1 is 1.25 bits per heavy atom. The molecule has 0 spiro atoms. The lowest BCUT2D eigenvalue weighted by Crippen LogP contribution is -2.24. The molecule has 0 atom stereocenters. The maximum Gasteiger partial charge on any atom is 0.339 e. The first-order valence-corrected chi connectivity index (χ1v) is 8.04. The molecule has 0 aliphatic carbocycles. The summed E-state index contributed by atoms with van der Waals surface area (Å²) in [6.07, 6.45) is 1.45. The highest BCUT2D eigenvalue weighted by Crippen LogP contribution is 2.33. The number of amides is 2. The van der Waals surface area contributed by atoms with Crippen LogP contribution in [-0.2, 0) is 0 Å². The Bertz CT molecular complexity index is 740. The van der Waals surface area contributed by atoms with Crippen LogP contribution in [0.2, 0.25) is 10.0 Å². The van der Waals surface area contributed by atoms with E-state index < -0.39 is 6.03 Å². The van der Waals surface area contributed by atoms with Gasteiger partial charge in [-0.3, -0.25) is 0 Å². The smallest absolute Gasteiger partial charge is 0.339 e. The molecule has 0 fully saturated rings. The highest BCUT2D eigenvalue weighted by atomic mass is 35.5. The summed E-state index contributed by atoms with van der Waals surface area (Å²) in [4.78, 5) is 11.8. The van der Waals surface area contributed by atoms with Gasteiger partial charge in [-0.2, -0.15) is 5.10 Å². The number of urea groups is 1. The van der Waals surface area contributed by atoms with Crippen molar-refractivity contribution in [1.29, 1.82) is 0 Å². The van der Waals surface area contributed by atoms with E-state index in [1.807, 2.05) is 38.1 Å². The molecule has 0 saturated heterocycles. The maximum atomic E-state index is 11.8. The lowest BCUT2D eigenvalue weighted by Gasteiger charge is -2.09. The number of para-hydroxylation sites is 1. The molecule has 2 amide bonds. The highest BCUT2D eigenvalue weighted by Gasteiger charge is 2.08. The SMILES string of the molecule is CCOc1c(Cl)cc(C=NNC(=O)Nc2ccccc2C)cc1Cl. The van der Waals surface area contributed by atoms with Gasteiger partial charge in [0, 0.05) is 5.69 Å². The molecular formula is C17H17Cl2N3O2. The molecule has 2 rings (SSSR count). The fourth-order valence-corrected chi connectivity index (χ4v) is 2.58. The molecular weight excluding hydrogens is 349 g/mol. The predicted octanol–water partition coefficient (Wildman–Crippen LogP) is 4.86. The van der Waals surface area contributed by atoms with Crippen LogP contribution in [-0.4, -0.2) is 18.9 Å². The van der Waals surface area contributed by atoms with Crippen LogP contribution in [0.15, 0.2) is 41.5 Å². The van der Waals surface area contributed by atoms with Gasteiger partial charge >= 0.3 is 6.03 Å². The zero-order chi connectivity index (χ0) is 17.5. The van der Waals surface area contributed by atoms with Crippen molar-refractivity contribution in [3.8, 4) is 5.75 Å². The lowest BCUT2D eigenvalue weighted by atomic mass is 10.2. The summed E-state index contributed by atoms with van der Waals surface area (Å²) in [6, 6.07) is 10.3. The zero-order valence-electron chi connectivity index (χ0n) is 13.3. The van der Waals surface area contributed by atoms with Crippen LogP contribution >= 0.6 is 23.2 Å². The van der Waals surface area contributed by atoms with E-state index in [0.717, 1.165) is 11.3 Å². The van der Waals surface area contributed by atoms with Gasteiger partial charge in [-0.15, -0.1) is 0 Å². The van der Waals surface area contributed by atoms with E-state index >= 15 is 0 Å². The van der Waals surface area contributed by atoms with Gasteiger partial charge in [-0.05, 0) is 43.2 Å². The Labute approximate surface area is 150 Å². The van der Waals surface area contributed by atoms with Gasteiger partial charge < -0.3 is 10.1 Å². The third-order valence-corrected chi connectivity index (χ3v) is 3.64. The number of aryl methyl sites for hydroxylation is 1. The molecule has 0 aliphatic heterocycles. The predicted molar refractivity (Wildman–Crippen MR) is 98.6 cm³/mol. The van der Waals surface area contributed by atoms with Crippen molar-refractivity contribution in [2.45, 2.75) is 13.8 Å². The van der Waals surface area contributed by atoms with Crippen molar-refractivity contribution in [3.63, 3.8) is 0 Å². The maximum absolute atomic E-state index is 11.8. The molecule has 0 unspecified atom stereocenters. The normalized spacial score (nSPS) is 10.7. The second-order valence-electron chi connectivity index (χ2n) is 4.89. The summed E-state index contributed by atoms with van der Waals surface area (Å²) in [6.45, 7) is 4.22. The van der Waals surface area contributed by atoms with E-state index in [1.54, 1.807) is 12.1 Å². The number of ether oxygens (including phenoxy) is 1. The Balaban J connectivity index is 1.99. The summed E-state index contributed by atoms with van der Waals surface area (Å²) >= 11 is 12.2. The molecule has 0 bridgehead atoms. The van der Waals surface area contributed by atoms with Crippen LogP contribution in [0.1, 0.15) is 18.1 Å². The first kappa shape index (κ1) is 18.1. The van der Waals surface area contributed by atoms with Crippen LogP contribution in [0.4, 0.5) is 10.5 Å². The lowest BCUT2D eigenvalue weighted by molar-refractivity contribution is 0.252. The van der Waals surface area contributed by atoms with Crippen LogP contribution < -0.4 is 15.5 Å². The fraction of sp³-hybridized carbons (Fsp3) is 0.176. The average Bonchev–Trinajstić information content (AvgIpc) is 2.53. The van der Waals surface area contributed by atoms with Crippen molar-refractivity contribution < 1.29 is 9.53 Å². The number of anilines is 1. The van der Waals surface area contributed by atoms with Crippen molar-refractivity contribution >= 4 is 41.1 Å². The third-order valence-electron chi connectivity index (χ3n) is 3.08. The highest BCUT2D eigenvalue weighted by molar-refractivity contribution is 6.37. The van der Waals surface area contributed by atoms with Crippen LogP contribution in [0.3, 0.4) is 0 Å². The van der Waals surface area contributed by atoms with E-state index in [2.05, 4.69) is 15.8 Å². The van der Waals surface area contributed by atoms with E-state index in [0.29, 0.717) is 28.0 Å². The van der Waals surface area contributed by atoms with E-state index in [9.17, 15) is 4.79 Å². The summed E-state index contributed by atoms with van der Waals surface area (Å²) in [5.74, 6) is 0.434. The molecule has 2 aromatic rings. The van der Waals surface area contributed by atoms with E-state index in [4.69, 9.17) is 27.9 Å². The molecule has 126 valence electrons. The molecule has 5 nitrogen and oxygen atoms in total. The van der Waals surface area contributed by atoms with Gasteiger partial charge in [0.15, 0.2) is 5.75 Å². The first-order chi connectivity index (χ1) is 11.5. The monoisotopic (exact) mass is 365 g/mol. The fourth-order valence-electron chi connectivity index (χ4n) is 1.97. The molecule has 2 N–H and O–H groups in total.